The first-order chi connectivity index (χ1) is 9.00. The fourth-order valence-corrected chi connectivity index (χ4v) is 3.63. The van der Waals surface area contributed by atoms with Gasteiger partial charge in [-0.1, -0.05) is 6.92 Å². The van der Waals surface area contributed by atoms with Crippen LogP contribution in [0.5, 0.6) is 0 Å². The number of fused-ring (bicyclic) bond motifs is 1. The van der Waals surface area contributed by atoms with Gasteiger partial charge in [0.1, 0.15) is 17.0 Å². The van der Waals surface area contributed by atoms with Crippen molar-refractivity contribution in [2.24, 2.45) is 5.41 Å². The molecule has 0 atom stereocenters. The minimum atomic E-state index is 0.255. The Hall–Kier alpha value is -1.20. The SMILES string of the molecule is Cc1sc2ncnc(N(C)CC3(C)COC3)c2c1C. The topological polar surface area (TPSA) is 38.2 Å². The van der Waals surface area contributed by atoms with Crippen LogP contribution >= 0.6 is 11.3 Å². The molecule has 4 nitrogen and oxygen atoms in total. The van der Waals surface area contributed by atoms with Gasteiger partial charge in [0, 0.05) is 23.9 Å². The lowest BCUT2D eigenvalue weighted by Crippen LogP contribution is -2.48. The molecule has 1 saturated heterocycles. The summed E-state index contributed by atoms with van der Waals surface area (Å²) in [5, 5.41) is 1.20. The average molecular weight is 277 g/mol. The molecule has 0 bridgehead atoms. The highest BCUT2D eigenvalue weighted by Crippen LogP contribution is 2.35. The highest BCUT2D eigenvalue weighted by molar-refractivity contribution is 7.18. The molecule has 1 fully saturated rings. The van der Waals surface area contributed by atoms with Crippen molar-refractivity contribution in [3.05, 3.63) is 16.8 Å². The number of rotatable bonds is 3. The minimum absolute atomic E-state index is 0.255. The van der Waals surface area contributed by atoms with Crippen molar-refractivity contribution in [3.8, 4) is 0 Å². The first-order valence-electron chi connectivity index (χ1n) is 6.50. The summed E-state index contributed by atoms with van der Waals surface area (Å²) in [6.07, 6.45) is 1.67. The first kappa shape index (κ1) is 12.8. The van der Waals surface area contributed by atoms with Crippen LogP contribution in [-0.2, 0) is 4.74 Å². The zero-order valence-electron chi connectivity index (χ0n) is 11.9. The lowest BCUT2D eigenvalue weighted by molar-refractivity contribution is -0.0951. The summed E-state index contributed by atoms with van der Waals surface area (Å²) >= 11 is 1.75. The van der Waals surface area contributed by atoms with E-state index in [4.69, 9.17) is 4.74 Å². The first-order valence-corrected chi connectivity index (χ1v) is 7.31. The molecule has 0 N–H and O–H groups in total. The van der Waals surface area contributed by atoms with Gasteiger partial charge in [-0.05, 0) is 19.4 Å². The molecule has 0 amide bonds. The smallest absolute Gasteiger partial charge is 0.140 e. The summed E-state index contributed by atoms with van der Waals surface area (Å²) in [4.78, 5) is 13.5. The summed E-state index contributed by atoms with van der Waals surface area (Å²) in [6.45, 7) is 9.21. The summed E-state index contributed by atoms with van der Waals surface area (Å²) < 4.78 is 5.33. The molecule has 102 valence electrons. The zero-order chi connectivity index (χ0) is 13.6. The maximum atomic E-state index is 5.33. The molecule has 0 unspecified atom stereocenters. The molecule has 0 radical (unpaired) electrons. The van der Waals surface area contributed by atoms with E-state index >= 15 is 0 Å². The molecule has 1 aliphatic rings. The highest BCUT2D eigenvalue weighted by atomic mass is 32.1. The molecule has 2 aromatic heterocycles. The van der Waals surface area contributed by atoms with Crippen molar-refractivity contribution >= 4 is 27.4 Å². The van der Waals surface area contributed by atoms with Crippen LogP contribution in [-0.4, -0.2) is 36.8 Å². The Morgan fingerprint density at radius 3 is 2.74 bits per heavy atom. The van der Waals surface area contributed by atoms with Gasteiger partial charge in [0.05, 0.1) is 18.6 Å². The van der Waals surface area contributed by atoms with E-state index in [0.29, 0.717) is 0 Å². The molecule has 3 rings (SSSR count). The zero-order valence-corrected chi connectivity index (χ0v) is 12.7. The largest absolute Gasteiger partial charge is 0.380 e. The molecule has 0 spiro atoms. The average Bonchev–Trinajstić information content (AvgIpc) is 2.63. The predicted octanol–water partition coefficient (Wildman–Crippen LogP) is 2.78. The fraction of sp³-hybridized carbons (Fsp3) is 0.571. The molecule has 1 aliphatic heterocycles. The molecule has 5 heteroatoms. The van der Waals surface area contributed by atoms with Gasteiger partial charge in [0.25, 0.3) is 0 Å². The van der Waals surface area contributed by atoms with Crippen molar-refractivity contribution < 1.29 is 4.74 Å². The minimum Gasteiger partial charge on any atom is -0.380 e. The Morgan fingerprint density at radius 1 is 1.37 bits per heavy atom. The predicted molar refractivity (Wildman–Crippen MR) is 79.1 cm³/mol. The van der Waals surface area contributed by atoms with Crippen molar-refractivity contribution in [3.63, 3.8) is 0 Å². The van der Waals surface area contributed by atoms with Crippen molar-refractivity contribution in [1.82, 2.24) is 9.97 Å². The number of hydrogen-bond donors (Lipinski definition) is 0. The third-order valence-electron chi connectivity index (χ3n) is 3.83. The van der Waals surface area contributed by atoms with Crippen LogP contribution in [0.2, 0.25) is 0 Å². The lowest BCUT2D eigenvalue weighted by Gasteiger charge is -2.41. The molecule has 3 heterocycles. The van der Waals surface area contributed by atoms with Crippen LogP contribution in [0.3, 0.4) is 0 Å². The highest BCUT2D eigenvalue weighted by Gasteiger charge is 2.35. The second-order valence-corrected chi connectivity index (χ2v) is 7.02. The number of anilines is 1. The second kappa shape index (κ2) is 4.42. The number of thiophene rings is 1. The van der Waals surface area contributed by atoms with E-state index in [1.54, 1.807) is 17.7 Å². The summed E-state index contributed by atoms with van der Waals surface area (Å²) in [6, 6.07) is 0. The van der Waals surface area contributed by atoms with Gasteiger partial charge in [-0.15, -0.1) is 11.3 Å². The summed E-state index contributed by atoms with van der Waals surface area (Å²) in [5.74, 6) is 1.04. The van der Waals surface area contributed by atoms with Gasteiger partial charge >= 0.3 is 0 Å². The van der Waals surface area contributed by atoms with Crippen LogP contribution in [0.1, 0.15) is 17.4 Å². The molecule has 0 aliphatic carbocycles. The number of aryl methyl sites for hydroxylation is 2. The van der Waals surface area contributed by atoms with E-state index in [1.807, 2.05) is 0 Å². The molecule has 0 aromatic carbocycles. The van der Waals surface area contributed by atoms with Crippen LogP contribution in [0.25, 0.3) is 10.2 Å². The Morgan fingerprint density at radius 2 is 2.11 bits per heavy atom. The van der Waals surface area contributed by atoms with Crippen molar-refractivity contribution in [2.45, 2.75) is 20.8 Å². The van der Waals surface area contributed by atoms with Gasteiger partial charge in [0.2, 0.25) is 0 Å². The van der Waals surface area contributed by atoms with Gasteiger partial charge < -0.3 is 9.64 Å². The number of ether oxygens (including phenoxy) is 1. The third-order valence-corrected chi connectivity index (χ3v) is 4.94. The second-order valence-electron chi connectivity index (χ2n) is 5.82. The summed E-state index contributed by atoms with van der Waals surface area (Å²) in [7, 11) is 2.11. The quantitative estimate of drug-likeness (QED) is 0.864. The Kier molecular flexibility index (Phi) is 2.98. The Balaban J connectivity index is 1.99. The standard InChI is InChI=1S/C14H19N3OS/c1-9-10(2)19-13-11(9)12(15-8-16-13)17(4)5-14(3)6-18-7-14/h8H,5-7H2,1-4H3. The van der Waals surface area contributed by atoms with Gasteiger partial charge in [-0.2, -0.15) is 0 Å². The summed E-state index contributed by atoms with van der Waals surface area (Å²) in [5.41, 5.74) is 1.56. The maximum absolute atomic E-state index is 5.33. The fourth-order valence-electron chi connectivity index (χ4n) is 2.64. The Bertz CT molecular complexity index is 618. The normalized spacial score (nSPS) is 17.5. The van der Waals surface area contributed by atoms with E-state index in [1.165, 1.54) is 15.8 Å². The van der Waals surface area contributed by atoms with Crippen LogP contribution < -0.4 is 4.90 Å². The molecule has 0 saturated carbocycles. The van der Waals surface area contributed by atoms with E-state index in [0.717, 1.165) is 30.4 Å². The maximum Gasteiger partial charge on any atom is 0.140 e. The third kappa shape index (κ3) is 2.11. The molecule has 19 heavy (non-hydrogen) atoms. The molecular weight excluding hydrogens is 258 g/mol. The van der Waals surface area contributed by atoms with Gasteiger partial charge in [-0.25, -0.2) is 9.97 Å². The number of nitrogens with zero attached hydrogens (tertiary/aromatic N) is 3. The van der Waals surface area contributed by atoms with Crippen LogP contribution in [0, 0.1) is 19.3 Å². The van der Waals surface area contributed by atoms with Crippen molar-refractivity contribution in [1.29, 1.82) is 0 Å². The van der Waals surface area contributed by atoms with Crippen molar-refractivity contribution in [2.75, 3.05) is 31.7 Å². The van der Waals surface area contributed by atoms with Crippen LogP contribution in [0.15, 0.2) is 6.33 Å². The lowest BCUT2D eigenvalue weighted by atomic mass is 9.88. The van der Waals surface area contributed by atoms with E-state index in [2.05, 4.69) is 42.7 Å². The van der Waals surface area contributed by atoms with Crippen LogP contribution in [0.4, 0.5) is 5.82 Å². The monoisotopic (exact) mass is 277 g/mol. The molecule has 2 aromatic rings. The number of hydrogen-bond acceptors (Lipinski definition) is 5. The van der Waals surface area contributed by atoms with E-state index < -0.39 is 0 Å². The number of aromatic nitrogens is 2. The van der Waals surface area contributed by atoms with E-state index in [-0.39, 0.29) is 5.41 Å². The van der Waals surface area contributed by atoms with Gasteiger partial charge in [-0.3, -0.25) is 0 Å². The molecular formula is C14H19N3OS. The van der Waals surface area contributed by atoms with Gasteiger partial charge in [0.15, 0.2) is 0 Å². The Labute approximate surface area is 117 Å². The van der Waals surface area contributed by atoms with E-state index in [9.17, 15) is 0 Å².